The lowest BCUT2D eigenvalue weighted by atomic mass is 10.0. The van der Waals surface area contributed by atoms with Gasteiger partial charge in [0.2, 0.25) is 5.91 Å². The van der Waals surface area contributed by atoms with Crippen LogP contribution < -0.4 is 16.0 Å². The van der Waals surface area contributed by atoms with Crippen LogP contribution in [0, 0.1) is 5.92 Å². The fourth-order valence-corrected chi connectivity index (χ4v) is 3.33. The van der Waals surface area contributed by atoms with Crippen molar-refractivity contribution in [1.82, 2.24) is 10.6 Å². The van der Waals surface area contributed by atoms with Crippen LogP contribution in [0.1, 0.15) is 37.4 Å². The fourth-order valence-electron chi connectivity index (χ4n) is 3.33. The Morgan fingerprint density at radius 2 is 1.69 bits per heavy atom. The predicted molar refractivity (Wildman–Crippen MR) is 103 cm³/mol. The third-order valence-corrected chi connectivity index (χ3v) is 4.72. The molecule has 0 bridgehead atoms. The van der Waals surface area contributed by atoms with Crippen LogP contribution in [0.5, 0.6) is 0 Å². The Morgan fingerprint density at radius 1 is 1.00 bits per heavy atom. The summed E-state index contributed by atoms with van der Waals surface area (Å²) < 4.78 is 0. The van der Waals surface area contributed by atoms with Crippen LogP contribution in [0.2, 0.25) is 0 Å². The van der Waals surface area contributed by atoms with Gasteiger partial charge < -0.3 is 16.0 Å². The van der Waals surface area contributed by atoms with Crippen LogP contribution in [0.4, 0.5) is 10.5 Å². The van der Waals surface area contributed by atoms with Gasteiger partial charge in [-0.05, 0) is 42.0 Å². The highest BCUT2D eigenvalue weighted by Crippen LogP contribution is 2.30. The monoisotopic (exact) mass is 351 g/mol. The van der Waals surface area contributed by atoms with Crippen LogP contribution in [-0.4, -0.2) is 18.0 Å². The van der Waals surface area contributed by atoms with E-state index < -0.39 is 6.04 Å². The lowest BCUT2D eigenvalue weighted by Gasteiger charge is -2.24. The van der Waals surface area contributed by atoms with Crippen molar-refractivity contribution in [2.24, 2.45) is 5.92 Å². The number of nitrogens with one attached hydrogen (secondary N) is 3. The van der Waals surface area contributed by atoms with Gasteiger partial charge in [-0.2, -0.15) is 0 Å². The topological polar surface area (TPSA) is 70.2 Å². The summed E-state index contributed by atoms with van der Waals surface area (Å²) in [6.07, 6.45) is 1.86. The van der Waals surface area contributed by atoms with E-state index in [1.54, 1.807) is 12.1 Å². The highest BCUT2D eigenvalue weighted by atomic mass is 16.2. The highest BCUT2D eigenvalue weighted by Gasteiger charge is 2.29. The van der Waals surface area contributed by atoms with Crippen LogP contribution in [-0.2, 0) is 11.2 Å². The molecule has 2 aromatic rings. The van der Waals surface area contributed by atoms with Gasteiger partial charge in [0.25, 0.3) is 0 Å². The number of carbonyl (C=O) groups excluding carboxylic acids is 2. The molecule has 0 unspecified atom stereocenters. The maximum atomic E-state index is 12.8. The van der Waals surface area contributed by atoms with Crippen LogP contribution in [0.25, 0.3) is 0 Å². The number of hydrogen-bond donors (Lipinski definition) is 3. The predicted octanol–water partition coefficient (Wildman–Crippen LogP) is 3.64. The van der Waals surface area contributed by atoms with E-state index >= 15 is 0 Å². The fraction of sp³-hybridized carbons (Fsp3) is 0.333. The first-order valence-corrected chi connectivity index (χ1v) is 9.05. The Kier molecular flexibility index (Phi) is 5.56. The lowest BCUT2D eigenvalue weighted by Crippen LogP contribution is -2.51. The van der Waals surface area contributed by atoms with E-state index in [9.17, 15) is 9.59 Å². The number of fused-ring (bicyclic) bond motifs is 1. The van der Waals surface area contributed by atoms with E-state index in [1.807, 2.05) is 44.2 Å². The van der Waals surface area contributed by atoms with E-state index in [2.05, 4.69) is 28.1 Å². The SMILES string of the molecule is CC(C)[C@@H](NC(=O)Nc1ccccc1)C(=O)N[C@@H]1CCc2ccccc21. The molecule has 0 aromatic heterocycles. The number of hydrogen-bond acceptors (Lipinski definition) is 2. The summed E-state index contributed by atoms with van der Waals surface area (Å²) in [6, 6.07) is 16.4. The Hall–Kier alpha value is -2.82. The number of para-hydroxylation sites is 1. The first-order chi connectivity index (χ1) is 12.5. The molecule has 3 rings (SSSR count). The maximum absolute atomic E-state index is 12.8. The molecule has 0 radical (unpaired) electrons. The highest BCUT2D eigenvalue weighted by molar-refractivity contribution is 5.93. The number of rotatable bonds is 5. The molecule has 0 saturated carbocycles. The van der Waals surface area contributed by atoms with Gasteiger partial charge >= 0.3 is 6.03 Å². The molecule has 1 aliphatic carbocycles. The average molecular weight is 351 g/mol. The minimum Gasteiger partial charge on any atom is -0.347 e. The molecule has 26 heavy (non-hydrogen) atoms. The lowest BCUT2D eigenvalue weighted by molar-refractivity contribution is -0.124. The minimum atomic E-state index is -0.591. The van der Waals surface area contributed by atoms with Crippen LogP contribution in [0.3, 0.4) is 0 Å². The second-order valence-electron chi connectivity index (χ2n) is 6.98. The van der Waals surface area contributed by atoms with Gasteiger partial charge in [0.1, 0.15) is 6.04 Å². The van der Waals surface area contributed by atoms with Gasteiger partial charge in [0.15, 0.2) is 0 Å². The second-order valence-corrected chi connectivity index (χ2v) is 6.98. The molecular weight excluding hydrogens is 326 g/mol. The van der Waals surface area contributed by atoms with Crippen LogP contribution >= 0.6 is 0 Å². The molecule has 5 nitrogen and oxygen atoms in total. The largest absolute Gasteiger partial charge is 0.347 e. The van der Waals surface area contributed by atoms with E-state index in [0.717, 1.165) is 12.8 Å². The molecule has 0 aliphatic heterocycles. The van der Waals surface area contributed by atoms with E-state index in [1.165, 1.54) is 11.1 Å². The number of benzene rings is 2. The van der Waals surface area contributed by atoms with Crippen molar-refractivity contribution in [2.75, 3.05) is 5.32 Å². The van der Waals surface area contributed by atoms with Gasteiger partial charge in [0, 0.05) is 5.69 Å². The Balaban J connectivity index is 1.62. The zero-order valence-corrected chi connectivity index (χ0v) is 15.2. The van der Waals surface area contributed by atoms with Gasteiger partial charge in [-0.1, -0.05) is 56.3 Å². The summed E-state index contributed by atoms with van der Waals surface area (Å²) >= 11 is 0. The number of aryl methyl sites for hydroxylation is 1. The first kappa shape index (κ1) is 18.0. The van der Waals surface area contributed by atoms with E-state index in [-0.39, 0.29) is 23.9 Å². The normalized spacial score (nSPS) is 16.7. The van der Waals surface area contributed by atoms with Gasteiger partial charge in [-0.25, -0.2) is 4.79 Å². The summed E-state index contributed by atoms with van der Waals surface area (Å²) in [6.45, 7) is 3.85. The standard InChI is InChI=1S/C21H25N3O2/c1-14(2)19(24-21(26)22-16-9-4-3-5-10-16)20(25)23-18-13-12-15-8-6-7-11-17(15)18/h3-11,14,18-19H,12-13H2,1-2H3,(H,23,25)(H2,22,24,26)/t18-,19-/m1/s1. The van der Waals surface area contributed by atoms with Crippen molar-refractivity contribution in [3.8, 4) is 0 Å². The minimum absolute atomic E-state index is 0.0129. The van der Waals surface area contributed by atoms with E-state index in [4.69, 9.17) is 0 Å². The van der Waals surface area contributed by atoms with Gasteiger partial charge in [0.05, 0.1) is 6.04 Å². The molecule has 0 fully saturated rings. The maximum Gasteiger partial charge on any atom is 0.319 e. The third kappa shape index (κ3) is 4.23. The molecule has 2 aromatic carbocycles. The summed E-state index contributed by atoms with van der Waals surface area (Å²) in [4.78, 5) is 25.0. The molecule has 0 heterocycles. The van der Waals surface area contributed by atoms with Gasteiger partial charge in [-0.3, -0.25) is 4.79 Å². The molecule has 3 N–H and O–H groups in total. The number of amides is 3. The van der Waals surface area contributed by atoms with Crippen molar-refractivity contribution in [3.05, 3.63) is 65.7 Å². The van der Waals surface area contributed by atoms with Crippen LogP contribution in [0.15, 0.2) is 54.6 Å². The summed E-state index contributed by atoms with van der Waals surface area (Å²) in [7, 11) is 0. The summed E-state index contributed by atoms with van der Waals surface area (Å²) in [5.74, 6) is -0.168. The van der Waals surface area contributed by atoms with Crippen molar-refractivity contribution in [3.63, 3.8) is 0 Å². The Bertz CT molecular complexity index is 774. The van der Waals surface area contributed by atoms with Crippen molar-refractivity contribution >= 4 is 17.6 Å². The zero-order chi connectivity index (χ0) is 18.5. The molecule has 0 spiro atoms. The first-order valence-electron chi connectivity index (χ1n) is 9.05. The Morgan fingerprint density at radius 3 is 2.42 bits per heavy atom. The number of anilines is 1. The smallest absolute Gasteiger partial charge is 0.319 e. The van der Waals surface area contributed by atoms with Crippen molar-refractivity contribution in [2.45, 2.75) is 38.8 Å². The summed E-state index contributed by atoms with van der Waals surface area (Å²) in [5, 5.41) is 8.67. The van der Waals surface area contributed by atoms with Crippen molar-refractivity contribution in [1.29, 1.82) is 0 Å². The number of carbonyl (C=O) groups is 2. The number of urea groups is 1. The second kappa shape index (κ2) is 8.04. The molecule has 136 valence electrons. The molecule has 0 saturated heterocycles. The quantitative estimate of drug-likeness (QED) is 0.770. The molecular formula is C21H25N3O2. The molecule has 1 aliphatic rings. The van der Waals surface area contributed by atoms with Gasteiger partial charge in [-0.15, -0.1) is 0 Å². The Labute approximate surface area is 154 Å². The molecule has 3 amide bonds. The zero-order valence-electron chi connectivity index (χ0n) is 15.2. The third-order valence-electron chi connectivity index (χ3n) is 4.72. The van der Waals surface area contributed by atoms with Crippen molar-refractivity contribution < 1.29 is 9.59 Å². The molecule has 2 atom stereocenters. The van der Waals surface area contributed by atoms with E-state index in [0.29, 0.717) is 5.69 Å². The average Bonchev–Trinajstić information content (AvgIpc) is 3.03. The summed E-state index contributed by atoms with van der Waals surface area (Å²) in [5.41, 5.74) is 3.16. The molecule has 5 heteroatoms.